The number of carbonyl (C=O) groups excluding carboxylic acids is 2. The minimum absolute atomic E-state index is 0.0839. The lowest BCUT2D eigenvalue weighted by Crippen LogP contribution is -2.27. The normalized spacial score (nSPS) is 10.4. The molecule has 5 nitrogen and oxygen atoms in total. The summed E-state index contributed by atoms with van der Waals surface area (Å²) in [6, 6.07) is 2.75. The molecule has 1 rings (SSSR count). The maximum atomic E-state index is 12.3. The molecule has 0 N–H and O–H groups in total. The summed E-state index contributed by atoms with van der Waals surface area (Å²) in [4.78, 5) is 27.9. The number of ether oxygens (including phenoxy) is 1. The average molecular weight is 290 g/mol. The van der Waals surface area contributed by atoms with Gasteiger partial charge in [0.2, 0.25) is 0 Å². The zero-order valence-electron chi connectivity index (χ0n) is 10.3. The minimum atomic E-state index is -2.69. The van der Waals surface area contributed by atoms with Gasteiger partial charge in [0.25, 0.3) is 11.7 Å². The number of aromatic nitrogens is 1. The van der Waals surface area contributed by atoms with Crippen LogP contribution in [0.1, 0.15) is 10.4 Å². The predicted octanol–water partition coefficient (Wildman–Crippen LogP) is 1.64. The molecule has 0 spiro atoms. The highest BCUT2D eigenvalue weighted by Gasteiger charge is 2.18. The van der Waals surface area contributed by atoms with E-state index in [1.807, 2.05) is 0 Å². The van der Waals surface area contributed by atoms with Crippen LogP contribution in [0, 0.1) is 0 Å². The highest BCUT2D eigenvalue weighted by atomic mass is 32.2. The van der Waals surface area contributed by atoms with Crippen molar-refractivity contribution in [2.45, 2.75) is 10.8 Å². The van der Waals surface area contributed by atoms with E-state index in [9.17, 15) is 18.4 Å². The molecule has 0 aromatic carbocycles. The zero-order chi connectivity index (χ0) is 14.4. The number of amides is 1. The number of esters is 1. The molecule has 8 heteroatoms. The van der Waals surface area contributed by atoms with Crippen LogP contribution in [0.15, 0.2) is 23.4 Å². The Morgan fingerprint density at radius 3 is 2.74 bits per heavy atom. The third-order valence-electron chi connectivity index (χ3n) is 2.02. The van der Waals surface area contributed by atoms with Crippen molar-refractivity contribution in [3.8, 4) is 0 Å². The van der Waals surface area contributed by atoms with Crippen molar-refractivity contribution >= 4 is 23.6 Å². The zero-order valence-corrected chi connectivity index (χ0v) is 11.1. The van der Waals surface area contributed by atoms with E-state index in [0.717, 1.165) is 0 Å². The molecule has 0 unspecified atom stereocenters. The second kappa shape index (κ2) is 7.03. The smallest absolute Gasteiger partial charge is 0.341 e. The summed E-state index contributed by atoms with van der Waals surface area (Å²) >= 11 is 0.153. The number of halogens is 2. The summed E-state index contributed by atoms with van der Waals surface area (Å²) in [6.45, 7) is -0.445. The molecule has 0 aliphatic rings. The molecular weight excluding hydrogens is 278 g/mol. The van der Waals surface area contributed by atoms with Gasteiger partial charge < -0.3 is 9.64 Å². The molecule has 0 fully saturated rings. The van der Waals surface area contributed by atoms with Crippen LogP contribution < -0.4 is 0 Å². The molecule has 1 aromatic heterocycles. The second-order valence-electron chi connectivity index (χ2n) is 3.60. The first-order chi connectivity index (χ1) is 8.91. The molecule has 0 radical (unpaired) electrons. The van der Waals surface area contributed by atoms with Gasteiger partial charge in [-0.25, -0.2) is 9.78 Å². The first-order valence-corrected chi connectivity index (χ1v) is 6.07. The molecule has 0 saturated heterocycles. The lowest BCUT2D eigenvalue weighted by Gasteiger charge is -2.11. The van der Waals surface area contributed by atoms with Gasteiger partial charge >= 0.3 is 5.97 Å². The summed E-state index contributed by atoms with van der Waals surface area (Å²) in [5, 5.41) is -0.125. The van der Waals surface area contributed by atoms with E-state index in [0.29, 0.717) is 0 Å². The molecule has 104 valence electrons. The van der Waals surface area contributed by atoms with Crippen molar-refractivity contribution in [2.24, 2.45) is 0 Å². The van der Waals surface area contributed by atoms with Crippen LogP contribution in [0.2, 0.25) is 0 Å². The highest BCUT2D eigenvalue weighted by molar-refractivity contribution is 7.99. The molecule has 1 amide bonds. The van der Waals surface area contributed by atoms with Gasteiger partial charge in [0.1, 0.15) is 5.03 Å². The van der Waals surface area contributed by atoms with E-state index in [4.69, 9.17) is 4.74 Å². The quantitative estimate of drug-likeness (QED) is 0.609. The van der Waals surface area contributed by atoms with E-state index in [2.05, 4.69) is 4.98 Å². The summed E-state index contributed by atoms with van der Waals surface area (Å²) in [5.74, 6) is -3.95. The van der Waals surface area contributed by atoms with Crippen LogP contribution in [0.3, 0.4) is 0 Å². The number of rotatable bonds is 5. The van der Waals surface area contributed by atoms with Crippen molar-refractivity contribution in [3.63, 3.8) is 0 Å². The van der Waals surface area contributed by atoms with Gasteiger partial charge in [-0.15, -0.1) is 0 Å². The first-order valence-electron chi connectivity index (χ1n) is 5.19. The summed E-state index contributed by atoms with van der Waals surface area (Å²) < 4.78 is 29.3. The Labute approximate surface area is 112 Å². The third kappa shape index (κ3) is 4.82. The average Bonchev–Trinajstić information content (AvgIpc) is 2.35. The number of likely N-dealkylation sites (N-methyl/N-ethyl adjacent to an activating group) is 1. The van der Waals surface area contributed by atoms with E-state index < -0.39 is 24.2 Å². The lowest BCUT2D eigenvalue weighted by atomic mass is 10.3. The molecule has 1 heterocycles. The SMILES string of the molecule is CN(C)C(=O)COC(=O)c1cccnc1SC(F)F. The van der Waals surface area contributed by atoms with E-state index >= 15 is 0 Å². The highest BCUT2D eigenvalue weighted by Crippen LogP contribution is 2.26. The topological polar surface area (TPSA) is 59.5 Å². The fourth-order valence-corrected chi connectivity index (χ4v) is 1.63. The molecular formula is C11H12F2N2O3S. The van der Waals surface area contributed by atoms with Crippen LogP contribution in [0.5, 0.6) is 0 Å². The molecule has 0 aliphatic carbocycles. The van der Waals surface area contributed by atoms with Gasteiger partial charge in [-0.05, 0) is 23.9 Å². The molecule has 0 saturated carbocycles. The Balaban J connectivity index is 2.74. The number of pyridine rings is 1. The van der Waals surface area contributed by atoms with E-state index in [-0.39, 0.29) is 22.4 Å². The number of thioether (sulfide) groups is 1. The molecule has 0 atom stereocenters. The second-order valence-corrected chi connectivity index (χ2v) is 4.58. The van der Waals surface area contributed by atoms with Gasteiger partial charge in [-0.3, -0.25) is 4.79 Å². The Hall–Kier alpha value is -1.70. The monoisotopic (exact) mass is 290 g/mol. The maximum Gasteiger partial charge on any atom is 0.341 e. The van der Waals surface area contributed by atoms with E-state index in [1.165, 1.54) is 37.3 Å². The third-order valence-corrected chi connectivity index (χ3v) is 2.74. The Bertz CT molecular complexity index is 469. The molecule has 0 bridgehead atoms. The number of carbonyl (C=O) groups is 2. The van der Waals surface area contributed by atoms with Crippen LogP contribution in [-0.4, -0.2) is 48.2 Å². The summed E-state index contributed by atoms with van der Waals surface area (Å²) in [5.41, 5.74) is -0.0839. The van der Waals surface area contributed by atoms with Crippen molar-refractivity contribution in [1.29, 1.82) is 0 Å². The minimum Gasteiger partial charge on any atom is -0.452 e. The van der Waals surface area contributed by atoms with Crippen LogP contribution in [0.25, 0.3) is 0 Å². The summed E-state index contributed by atoms with van der Waals surface area (Å²) in [7, 11) is 3.02. The van der Waals surface area contributed by atoms with Crippen molar-refractivity contribution < 1.29 is 23.1 Å². The van der Waals surface area contributed by atoms with Gasteiger partial charge in [0.05, 0.1) is 5.56 Å². The van der Waals surface area contributed by atoms with Crippen LogP contribution >= 0.6 is 11.8 Å². The van der Waals surface area contributed by atoms with Crippen molar-refractivity contribution in [1.82, 2.24) is 9.88 Å². The maximum absolute atomic E-state index is 12.3. The Morgan fingerprint density at radius 2 is 2.16 bits per heavy atom. The molecule has 0 aliphatic heterocycles. The first kappa shape index (κ1) is 15.4. The number of alkyl halides is 2. The van der Waals surface area contributed by atoms with Gasteiger partial charge in [-0.2, -0.15) is 8.78 Å². The van der Waals surface area contributed by atoms with E-state index in [1.54, 1.807) is 0 Å². The van der Waals surface area contributed by atoms with Crippen molar-refractivity contribution in [2.75, 3.05) is 20.7 Å². The number of nitrogens with zero attached hydrogens (tertiary/aromatic N) is 2. The van der Waals surface area contributed by atoms with Crippen LogP contribution in [0.4, 0.5) is 8.78 Å². The standard InChI is InChI=1S/C11H12F2N2O3S/c1-15(2)8(16)6-18-10(17)7-4-3-5-14-9(7)19-11(12)13/h3-5,11H,6H2,1-2H3. The molecule has 1 aromatic rings. The number of hydrogen-bond acceptors (Lipinski definition) is 5. The van der Waals surface area contributed by atoms with Crippen LogP contribution in [-0.2, 0) is 9.53 Å². The predicted molar refractivity (Wildman–Crippen MR) is 65.1 cm³/mol. The largest absolute Gasteiger partial charge is 0.452 e. The Kier molecular flexibility index (Phi) is 5.68. The number of hydrogen-bond donors (Lipinski definition) is 0. The Morgan fingerprint density at radius 1 is 1.47 bits per heavy atom. The van der Waals surface area contributed by atoms with Gasteiger partial charge in [0.15, 0.2) is 6.61 Å². The van der Waals surface area contributed by atoms with Gasteiger partial charge in [0, 0.05) is 20.3 Å². The lowest BCUT2D eigenvalue weighted by molar-refractivity contribution is -0.131. The summed E-state index contributed by atoms with van der Waals surface area (Å²) in [6.07, 6.45) is 1.30. The fourth-order valence-electron chi connectivity index (χ4n) is 1.06. The van der Waals surface area contributed by atoms with Crippen molar-refractivity contribution in [3.05, 3.63) is 23.9 Å². The van der Waals surface area contributed by atoms with Gasteiger partial charge in [-0.1, -0.05) is 0 Å². The fraction of sp³-hybridized carbons (Fsp3) is 0.364. The molecule has 19 heavy (non-hydrogen) atoms.